The monoisotopic (exact) mass is 137 g/mol. The molecule has 1 rings (SSSR count). The van der Waals surface area contributed by atoms with Gasteiger partial charge in [-0.25, -0.2) is 0 Å². The number of aliphatic hydroxyl groups is 1. The van der Waals surface area contributed by atoms with Gasteiger partial charge in [0.2, 0.25) is 0 Å². The van der Waals surface area contributed by atoms with Crippen molar-refractivity contribution in [3.8, 4) is 0 Å². The van der Waals surface area contributed by atoms with Crippen molar-refractivity contribution in [1.82, 2.24) is 5.32 Å². The van der Waals surface area contributed by atoms with Crippen molar-refractivity contribution in [2.45, 2.75) is 13.0 Å². The second-order valence-electron chi connectivity index (χ2n) is 2.20. The molecule has 0 aliphatic carbocycles. The lowest BCUT2D eigenvalue weighted by molar-refractivity contribution is 0.156. The highest BCUT2D eigenvalue weighted by Gasteiger charge is 2.18. The maximum absolute atomic E-state index is 8.94. The maximum atomic E-state index is 8.94. The molecule has 1 fully saturated rings. The molecular weight excluding hydrogens is 126 g/mol. The van der Waals surface area contributed by atoms with Crippen LogP contribution in [-0.4, -0.2) is 24.3 Å². The van der Waals surface area contributed by atoms with Crippen LogP contribution in [0.2, 0.25) is 0 Å². The van der Waals surface area contributed by atoms with Crippen LogP contribution in [0.1, 0.15) is 6.92 Å². The van der Waals surface area contributed by atoms with Crippen LogP contribution >= 0.6 is 12.4 Å². The molecule has 0 aromatic heterocycles. The smallest absolute Gasteiger partial charge is 0.0702 e. The van der Waals surface area contributed by atoms with E-state index < -0.39 is 0 Å². The average Bonchev–Trinajstić information content (AvgIpc) is 1.91. The summed E-state index contributed by atoms with van der Waals surface area (Å²) in [6, 6.07) is 0. The van der Waals surface area contributed by atoms with Gasteiger partial charge in [-0.2, -0.15) is 0 Å². The normalized spacial score (nSPS) is 36.8. The summed E-state index contributed by atoms with van der Waals surface area (Å²) >= 11 is 0. The van der Waals surface area contributed by atoms with Crippen LogP contribution in [0.5, 0.6) is 0 Å². The molecule has 0 aromatic rings. The molecule has 3 heteroatoms. The van der Waals surface area contributed by atoms with Crippen molar-refractivity contribution in [3.05, 3.63) is 0 Å². The van der Waals surface area contributed by atoms with Crippen LogP contribution in [0.4, 0.5) is 0 Å². The Labute approximate surface area is 55.7 Å². The van der Waals surface area contributed by atoms with Gasteiger partial charge in [0.25, 0.3) is 0 Å². The molecule has 0 amide bonds. The summed E-state index contributed by atoms with van der Waals surface area (Å²) in [5.74, 6) is 0.458. The van der Waals surface area contributed by atoms with E-state index in [0.717, 1.165) is 13.1 Å². The Morgan fingerprint density at radius 3 is 2.25 bits per heavy atom. The predicted molar refractivity (Wildman–Crippen MR) is 35.3 cm³/mol. The Kier molecular flexibility index (Phi) is 3.36. The van der Waals surface area contributed by atoms with E-state index in [1.54, 1.807) is 0 Å². The molecule has 2 atom stereocenters. The summed E-state index contributed by atoms with van der Waals surface area (Å²) in [4.78, 5) is 0. The maximum Gasteiger partial charge on any atom is 0.0702 e. The zero-order valence-corrected chi connectivity index (χ0v) is 5.74. The van der Waals surface area contributed by atoms with Crippen LogP contribution in [0.3, 0.4) is 0 Å². The van der Waals surface area contributed by atoms with Gasteiger partial charge in [0.15, 0.2) is 0 Å². The van der Waals surface area contributed by atoms with E-state index >= 15 is 0 Å². The predicted octanol–water partition coefficient (Wildman–Crippen LogP) is 0.00840. The number of hydrogen-bond acceptors (Lipinski definition) is 2. The van der Waals surface area contributed by atoms with Gasteiger partial charge in [0.05, 0.1) is 6.10 Å². The van der Waals surface area contributed by atoms with Gasteiger partial charge in [0, 0.05) is 13.1 Å². The number of aliphatic hydroxyl groups excluding tert-OH is 1. The molecule has 1 heterocycles. The lowest BCUT2D eigenvalue weighted by atomic mass is 10.1. The minimum Gasteiger partial charge on any atom is -0.391 e. The zero-order chi connectivity index (χ0) is 5.28. The molecular formula is C5H12ClNO. The molecule has 0 bridgehead atoms. The quantitative estimate of drug-likeness (QED) is 0.493. The van der Waals surface area contributed by atoms with Gasteiger partial charge in [-0.1, -0.05) is 6.92 Å². The van der Waals surface area contributed by atoms with Crippen molar-refractivity contribution < 1.29 is 5.11 Å². The topological polar surface area (TPSA) is 32.3 Å². The SMILES string of the molecule is CC1CNCC1O.Cl. The lowest BCUT2D eigenvalue weighted by Crippen LogP contribution is -2.14. The molecule has 1 aliphatic heterocycles. The molecule has 50 valence electrons. The second kappa shape index (κ2) is 3.28. The van der Waals surface area contributed by atoms with Crippen LogP contribution in [-0.2, 0) is 0 Å². The number of hydrogen-bond donors (Lipinski definition) is 2. The summed E-state index contributed by atoms with van der Waals surface area (Å²) < 4.78 is 0. The van der Waals surface area contributed by atoms with E-state index in [4.69, 9.17) is 5.11 Å². The minimum absolute atomic E-state index is 0. The number of rotatable bonds is 0. The van der Waals surface area contributed by atoms with Crippen LogP contribution in [0, 0.1) is 5.92 Å². The third kappa shape index (κ3) is 1.62. The highest BCUT2D eigenvalue weighted by atomic mass is 35.5. The third-order valence-corrected chi connectivity index (χ3v) is 1.48. The van der Waals surface area contributed by atoms with Crippen LogP contribution in [0.25, 0.3) is 0 Å². The van der Waals surface area contributed by atoms with Crippen molar-refractivity contribution in [2.24, 2.45) is 5.92 Å². The molecule has 2 N–H and O–H groups in total. The Hall–Kier alpha value is 0.210. The number of nitrogens with one attached hydrogen (secondary N) is 1. The van der Waals surface area contributed by atoms with Crippen LogP contribution in [0.15, 0.2) is 0 Å². The van der Waals surface area contributed by atoms with E-state index in [9.17, 15) is 0 Å². The standard InChI is InChI=1S/C5H11NO.ClH/c1-4-2-6-3-5(4)7;/h4-7H,2-3H2,1H3;1H. The first-order valence-electron chi connectivity index (χ1n) is 2.69. The first kappa shape index (κ1) is 8.21. The first-order chi connectivity index (χ1) is 3.30. The summed E-state index contributed by atoms with van der Waals surface area (Å²) in [6.45, 7) is 3.80. The molecule has 2 unspecified atom stereocenters. The highest BCUT2D eigenvalue weighted by molar-refractivity contribution is 5.85. The molecule has 0 radical (unpaired) electrons. The number of halogens is 1. The van der Waals surface area contributed by atoms with Gasteiger partial charge in [-0.15, -0.1) is 12.4 Å². The van der Waals surface area contributed by atoms with Gasteiger partial charge in [-0.3, -0.25) is 0 Å². The van der Waals surface area contributed by atoms with E-state index in [1.807, 2.05) is 6.92 Å². The van der Waals surface area contributed by atoms with Crippen molar-refractivity contribution in [3.63, 3.8) is 0 Å². The minimum atomic E-state index is -0.0972. The molecule has 0 spiro atoms. The fourth-order valence-corrected chi connectivity index (χ4v) is 0.796. The molecule has 1 aliphatic rings. The summed E-state index contributed by atoms with van der Waals surface area (Å²) in [5, 5.41) is 12.0. The summed E-state index contributed by atoms with van der Waals surface area (Å²) in [7, 11) is 0. The van der Waals surface area contributed by atoms with Crippen molar-refractivity contribution in [1.29, 1.82) is 0 Å². The second-order valence-corrected chi connectivity index (χ2v) is 2.20. The Morgan fingerprint density at radius 2 is 2.12 bits per heavy atom. The third-order valence-electron chi connectivity index (χ3n) is 1.48. The van der Waals surface area contributed by atoms with Gasteiger partial charge in [0.1, 0.15) is 0 Å². The lowest BCUT2D eigenvalue weighted by Gasteiger charge is -2.02. The Morgan fingerprint density at radius 1 is 1.50 bits per heavy atom. The Bertz CT molecular complexity index is 61.4. The average molecular weight is 138 g/mol. The molecule has 1 saturated heterocycles. The largest absolute Gasteiger partial charge is 0.391 e. The molecule has 0 aromatic carbocycles. The fraction of sp³-hybridized carbons (Fsp3) is 1.00. The summed E-state index contributed by atoms with van der Waals surface area (Å²) in [6.07, 6.45) is -0.0972. The summed E-state index contributed by atoms with van der Waals surface area (Å²) in [5.41, 5.74) is 0. The molecule has 2 nitrogen and oxygen atoms in total. The number of β-amino-alcohol motifs (C(OH)–C–C–N with tert-alkyl or cyclic N) is 1. The van der Waals surface area contributed by atoms with E-state index in [0.29, 0.717) is 5.92 Å². The molecule has 8 heavy (non-hydrogen) atoms. The van der Waals surface area contributed by atoms with E-state index in [1.165, 1.54) is 0 Å². The Balaban J connectivity index is 0.000000490. The molecule has 0 saturated carbocycles. The van der Waals surface area contributed by atoms with Crippen molar-refractivity contribution in [2.75, 3.05) is 13.1 Å². The zero-order valence-electron chi connectivity index (χ0n) is 4.92. The first-order valence-corrected chi connectivity index (χ1v) is 2.69. The van der Waals surface area contributed by atoms with Crippen LogP contribution < -0.4 is 5.32 Å². The fourth-order valence-electron chi connectivity index (χ4n) is 0.796. The van der Waals surface area contributed by atoms with Gasteiger partial charge in [-0.05, 0) is 5.92 Å². The van der Waals surface area contributed by atoms with Crippen molar-refractivity contribution >= 4 is 12.4 Å². The highest BCUT2D eigenvalue weighted by Crippen LogP contribution is 2.05. The van der Waals surface area contributed by atoms with E-state index in [-0.39, 0.29) is 18.5 Å². The van der Waals surface area contributed by atoms with E-state index in [2.05, 4.69) is 5.32 Å². The van der Waals surface area contributed by atoms with Gasteiger partial charge >= 0.3 is 0 Å². The van der Waals surface area contributed by atoms with Gasteiger partial charge < -0.3 is 10.4 Å².